The van der Waals surface area contributed by atoms with Crippen LogP contribution in [0.25, 0.3) is 16.6 Å². The van der Waals surface area contributed by atoms with Crippen LogP contribution >= 0.6 is 36.7 Å². The molecule has 0 aliphatic carbocycles. The molecule has 1 atom stereocenters. The summed E-state index contributed by atoms with van der Waals surface area (Å²) < 4.78 is 42.9. The van der Waals surface area contributed by atoms with Gasteiger partial charge in [-0.1, -0.05) is 29.3 Å². The number of pyridine rings is 1. The first kappa shape index (κ1) is 30.2. The number of hydrogen-bond acceptors (Lipinski definition) is 6. The molecule has 1 fully saturated rings. The third kappa shape index (κ3) is 6.25. The summed E-state index contributed by atoms with van der Waals surface area (Å²) in [4.78, 5) is 22.6. The van der Waals surface area contributed by atoms with E-state index in [1.165, 1.54) is 12.1 Å². The summed E-state index contributed by atoms with van der Waals surface area (Å²) in [5.41, 5.74) is 1.83. The van der Waals surface area contributed by atoms with E-state index in [1.807, 2.05) is 15.5 Å². The van der Waals surface area contributed by atoms with Crippen molar-refractivity contribution in [2.24, 2.45) is 0 Å². The molecule has 0 amide bonds. The topological polar surface area (TPSA) is 89.7 Å². The Balaban J connectivity index is 0.00000353. The number of carboxylic acids is 1. The zero-order valence-corrected chi connectivity index (χ0v) is 24.6. The van der Waals surface area contributed by atoms with Crippen molar-refractivity contribution in [1.82, 2.24) is 19.4 Å². The van der Waals surface area contributed by atoms with Gasteiger partial charge in [0.05, 0.1) is 41.0 Å². The maximum absolute atomic E-state index is 14.9. The summed E-state index contributed by atoms with van der Waals surface area (Å²) in [7, 11) is 0. The number of aromatic carboxylic acids is 1. The summed E-state index contributed by atoms with van der Waals surface area (Å²) >= 11 is 12.1. The molecule has 0 bridgehead atoms. The molecule has 0 spiro atoms. The van der Waals surface area contributed by atoms with Gasteiger partial charge in [0.1, 0.15) is 35.2 Å². The highest BCUT2D eigenvalue weighted by Gasteiger charge is 2.26. The molecule has 2 aromatic heterocycles. The monoisotopic (exact) mass is 634 g/mol. The smallest absolute Gasteiger partial charge is 0.335 e. The molecule has 0 unspecified atom stereocenters. The quantitative estimate of drug-likeness (QED) is 0.238. The molecule has 42 heavy (non-hydrogen) atoms. The molecule has 1 saturated heterocycles. The second-order valence-electron chi connectivity index (χ2n) is 9.95. The minimum Gasteiger partial charge on any atom is -0.486 e. The number of rotatable bonds is 9. The van der Waals surface area contributed by atoms with Gasteiger partial charge < -0.3 is 19.1 Å². The lowest BCUT2D eigenvalue weighted by molar-refractivity contribution is -0.0591. The molecule has 8 nitrogen and oxygen atoms in total. The molecular weight excluding hydrogens is 609 g/mol. The maximum Gasteiger partial charge on any atom is 0.335 e. The Morgan fingerprint density at radius 3 is 2.64 bits per heavy atom. The second-order valence-corrected chi connectivity index (χ2v) is 10.8. The van der Waals surface area contributed by atoms with Crippen LogP contribution in [0.1, 0.15) is 34.0 Å². The average Bonchev–Trinajstić information content (AvgIpc) is 3.51. The lowest BCUT2D eigenvalue weighted by Gasteiger charge is -2.28. The molecule has 2 aliphatic rings. The Kier molecular flexibility index (Phi) is 9.05. The molecule has 2 aromatic carbocycles. The summed E-state index contributed by atoms with van der Waals surface area (Å²) in [5.74, 6) is -1.35. The fourth-order valence-electron chi connectivity index (χ4n) is 4.94. The molecule has 4 heterocycles. The maximum atomic E-state index is 14.9. The van der Waals surface area contributed by atoms with Crippen molar-refractivity contribution in [2.75, 3.05) is 19.7 Å². The van der Waals surface area contributed by atoms with E-state index in [-0.39, 0.29) is 43.0 Å². The fourth-order valence-corrected chi connectivity index (χ4v) is 5.41. The minimum atomic E-state index is -1.22. The van der Waals surface area contributed by atoms with E-state index in [9.17, 15) is 18.7 Å². The van der Waals surface area contributed by atoms with E-state index in [1.54, 1.807) is 24.3 Å². The number of imidazole rings is 1. The Bertz CT molecular complexity index is 1700. The van der Waals surface area contributed by atoms with Crippen molar-refractivity contribution in [3.05, 3.63) is 93.0 Å². The van der Waals surface area contributed by atoms with Crippen LogP contribution in [0.5, 0.6) is 5.75 Å². The highest BCUT2D eigenvalue weighted by atomic mass is 35.5. The van der Waals surface area contributed by atoms with Gasteiger partial charge in [-0.2, -0.15) is 13.5 Å². The van der Waals surface area contributed by atoms with Gasteiger partial charge in [0, 0.05) is 24.7 Å². The first-order valence-corrected chi connectivity index (χ1v) is 13.7. The molecule has 220 valence electrons. The molecule has 2 aliphatic heterocycles. The first-order valence-electron chi connectivity index (χ1n) is 12.9. The number of hydrogen-bond donors (Lipinski definition) is 1. The molecule has 13 heteroatoms. The summed E-state index contributed by atoms with van der Waals surface area (Å²) in [6, 6.07) is 10.2. The van der Waals surface area contributed by atoms with Crippen LogP contribution in [0.3, 0.4) is 0 Å². The van der Waals surface area contributed by atoms with Crippen LogP contribution in [0.2, 0.25) is 10.0 Å². The van der Waals surface area contributed by atoms with E-state index in [4.69, 9.17) is 32.7 Å². The molecule has 4 aromatic rings. The third-order valence-electron chi connectivity index (χ3n) is 7.15. The highest BCUT2D eigenvalue weighted by molar-refractivity contribution is 7.59. The molecule has 1 N–H and O–H groups in total. The van der Waals surface area contributed by atoms with Gasteiger partial charge >= 0.3 is 5.97 Å². The van der Waals surface area contributed by atoms with Gasteiger partial charge in [0.2, 0.25) is 0 Å². The molecule has 6 rings (SSSR count). The fraction of sp³-hybridized carbons (Fsp3) is 0.276. The highest BCUT2D eigenvalue weighted by Crippen LogP contribution is 2.30. The summed E-state index contributed by atoms with van der Waals surface area (Å²) in [5, 5.41) is 10.3. The van der Waals surface area contributed by atoms with Crippen molar-refractivity contribution in [3.63, 3.8) is 0 Å². The van der Waals surface area contributed by atoms with Gasteiger partial charge in [0.25, 0.3) is 0 Å². The van der Waals surface area contributed by atoms with Crippen LogP contribution < -0.4 is 4.74 Å². The molecular formula is C29H26Cl2F2N4O4S. The van der Waals surface area contributed by atoms with Crippen LogP contribution in [0.15, 0.2) is 48.5 Å². The number of carbonyl (C=O) groups is 1. The normalized spacial score (nSPS) is 16.7. The Hall–Kier alpha value is -3.22. The largest absolute Gasteiger partial charge is 0.486 e. The number of benzene rings is 2. The van der Waals surface area contributed by atoms with E-state index < -0.39 is 17.6 Å². The summed E-state index contributed by atoms with van der Waals surface area (Å²) in [6.45, 7) is 2.40. The first-order chi connectivity index (χ1) is 19.7. The van der Waals surface area contributed by atoms with Gasteiger partial charge in [-0.05, 0) is 54.5 Å². The minimum absolute atomic E-state index is 0. The van der Waals surface area contributed by atoms with Crippen LogP contribution in [0.4, 0.5) is 8.78 Å². The zero-order chi connectivity index (χ0) is 28.7. The van der Waals surface area contributed by atoms with E-state index in [2.05, 4.69) is 9.97 Å². The van der Waals surface area contributed by atoms with Gasteiger partial charge in [-0.3, -0.25) is 4.90 Å². The number of aromatic nitrogens is 3. The van der Waals surface area contributed by atoms with Crippen molar-refractivity contribution >= 4 is 59.3 Å². The van der Waals surface area contributed by atoms with Crippen molar-refractivity contribution in [1.29, 1.82) is 0 Å². The Labute approximate surface area is 256 Å². The molecule has 0 saturated carbocycles. The van der Waals surface area contributed by atoms with Crippen LogP contribution in [0, 0.1) is 11.6 Å². The van der Waals surface area contributed by atoms with Crippen LogP contribution in [-0.4, -0.2) is 56.3 Å². The Morgan fingerprint density at radius 1 is 1.12 bits per heavy atom. The number of ether oxygens (including phenoxy) is 2. The third-order valence-corrected chi connectivity index (χ3v) is 7.68. The summed E-state index contributed by atoms with van der Waals surface area (Å²) in [6.07, 6.45) is 2.70. The van der Waals surface area contributed by atoms with Gasteiger partial charge in [-0.25, -0.2) is 23.5 Å². The van der Waals surface area contributed by atoms with Crippen molar-refractivity contribution < 1.29 is 28.2 Å². The molecule has 0 radical (unpaired) electrons. The van der Waals surface area contributed by atoms with Crippen molar-refractivity contribution in [2.45, 2.75) is 32.2 Å². The van der Waals surface area contributed by atoms with E-state index >= 15 is 0 Å². The number of halogens is 4. The number of carboxylic acid groups (broad SMARTS) is 1. The number of nitrogens with zero attached hydrogens (tertiary/aromatic N) is 4. The van der Waals surface area contributed by atoms with Gasteiger partial charge in [-0.15, -0.1) is 0 Å². The predicted octanol–water partition coefficient (Wildman–Crippen LogP) is 6.09. The predicted molar refractivity (Wildman–Crippen MR) is 160 cm³/mol. The standard InChI is InChI=1S/C29H24Cl2F2N4O4.H2S/c30-18-1-4-25(21(31)11-18)41-15-19-2-3-22(32)27(34-19)16-5-7-36(12-16)14-26-35-28-23(33)9-17(29(38)39)10-24(28)37(26)13-20-6-8-40-20;/h1-5,9-11,20H,6-8,12-15H2,(H,38,39);1H2/t20-;/m0./s1. The van der Waals surface area contributed by atoms with E-state index in [0.29, 0.717) is 71.2 Å². The van der Waals surface area contributed by atoms with Gasteiger partial charge in [0.15, 0.2) is 5.82 Å². The van der Waals surface area contributed by atoms with Crippen molar-refractivity contribution in [3.8, 4) is 5.75 Å². The second kappa shape index (κ2) is 12.6. The number of fused-ring (bicyclic) bond motifs is 1. The zero-order valence-electron chi connectivity index (χ0n) is 22.1. The SMILES string of the molecule is O=C(O)c1cc(F)c2nc(CN3CC=C(c4nc(COc5ccc(Cl)cc5Cl)ccc4F)C3)n(C[C@@H]3CCO3)c2c1.S. The van der Waals surface area contributed by atoms with Crippen LogP contribution in [-0.2, 0) is 24.4 Å². The van der Waals surface area contributed by atoms with E-state index in [0.717, 1.165) is 12.5 Å². The lowest BCUT2D eigenvalue weighted by Crippen LogP contribution is -2.32. The Morgan fingerprint density at radius 2 is 1.93 bits per heavy atom. The average molecular weight is 636 g/mol. The lowest BCUT2D eigenvalue weighted by atomic mass is 10.1.